The van der Waals surface area contributed by atoms with E-state index in [2.05, 4.69) is 57.9 Å². The lowest BCUT2D eigenvalue weighted by Gasteiger charge is -2.19. The Morgan fingerprint density at radius 3 is 2.82 bits per heavy atom. The molecule has 0 saturated heterocycles. The lowest BCUT2D eigenvalue weighted by atomic mass is 10.0. The van der Waals surface area contributed by atoms with E-state index >= 15 is 0 Å². The van der Waals surface area contributed by atoms with Crippen molar-refractivity contribution >= 4 is 15.9 Å². The van der Waals surface area contributed by atoms with Gasteiger partial charge in [-0.25, -0.2) is 4.98 Å². The van der Waals surface area contributed by atoms with Crippen molar-refractivity contribution in [2.24, 2.45) is 5.92 Å². The van der Waals surface area contributed by atoms with Crippen LogP contribution in [0.5, 0.6) is 0 Å². The van der Waals surface area contributed by atoms with Gasteiger partial charge in [-0.2, -0.15) is 0 Å². The molecule has 0 fully saturated rings. The van der Waals surface area contributed by atoms with E-state index in [9.17, 15) is 0 Å². The number of hydrogen-bond donors (Lipinski definition) is 0. The number of hydrogen-bond acceptors (Lipinski definition) is 1. The third-order valence-electron chi connectivity index (χ3n) is 3.37. The minimum absolute atomic E-state index is 0.773. The summed E-state index contributed by atoms with van der Waals surface area (Å²) >= 11 is 3.46. The van der Waals surface area contributed by atoms with Crippen LogP contribution in [0.15, 0.2) is 34.9 Å². The van der Waals surface area contributed by atoms with Crippen molar-refractivity contribution in [3.63, 3.8) is 0 Å². The Labute approximate surface area is 110 Å². The molecule has 1 atom stereocenters. The van der Waals surface area contributed by atoms with Gasteiger partial charge in [-0.15, -0.1) is 0 Å². The second-order valence-electron chi connectivity index (χ2n) is 4.85. The van der Waals surface area contributed by atoms with Crippen LogP contribution >= 0.6 is 15.9 Å². The Hall–Kier alpha value is -1.09. The van der Waals surface area contributed by atoms with Crippen LogP contribution in [0.1, 0.15) is 19.2 Å². The summed E-state index contributed by atoms with van der Waals surface area (Å²) in [5.74, 6) is 2.01. The van der Waals surface area contributed by atoms with Crippen molar-refractivity contribution in [2.75, 3.05) is 0 Å². The van der Waals surface area contributed by atoms with E-state index < -0.39 is 0 Å². The molecule has 0 bridgehead atoms. The molecule has 0 radical (unpaired) electrons. The second-order valence-corrected chi connectivity index (χ2v) is 5.76. The Kier molecular flexibility index (Phi) is 2.79. The predicted molar refractivity (Wildman–Crippen MR) is 72.8 cm³/mol. The third-order valence-corrected chi connectivity index (χ3v) is 3.90. The molecule has 0 amide bonds. The van der Waals surface area contributed by atoms with Crippen LogP contribution in [0, 0.1) is 5.92 Å². The highest BCUT2D eigenvalue weighted by atomic mass is 79.9. The molecule has 3 heteroatoms. The maximum absolute atomic E-state index is 4.73. The predicted octanol–water partition coefficient (Wildman–Crippen LogP) is 3.89. The molecule has 17 heavy (non-hydrogen) atoms. The molecule has 2 aromatic rings. The number of aromatic nitrogens is 2. The molecular formula is C14H15BrN2. The van der Waals surface area contributed by atoms with Gasteiger partial charge < -0.3 is 4.57 Å². The normalized spacial score (nSPS) is 19.1. The molecule has 88 valence electrons. The molecule has 0 N–H and O–H groups in total. The zero-order chi connectivity index (χ0) is 11.8. The van der Waals surface area contributed by atoms with Gasteiger partial charge in [0, 0.05) is 29.2 Å². The monoisotopic (exact) mass is 290 g/mol. The van der Waals surface area contributed by atoms with Crippen molar-refractivity contribution < 1.29 is 0 Å². The highest BCUT2D eigenvalue weighted by molar-refractivity contribution is 9.10. The lowest BCUT2D eigenvalue weighted by molar-refractivity contribution is 0.394. The first-order valence-electron chi connectivity index (χ1n) is 6.04. The van der Waals surface area contributed by atoms with E-state index in [-0.39, 0.29) is 0 Å². The van der Waals surface area contributed by atoms with Gasteiger partial charge >= 0.3 is 0 Å². The van der Waals surface area contributed by atoms with Crippen LogP contribution in [0.3, 0.4) is 0 Å². The molecule has 2 nitrogen and oxygen atoms in total. The van der Waals surface area contributed by atoms with E-state index in [1.165, 1.54) is 17.8 Å². The maximum Gasteiger partial charge on any atom is 0.109 e. The highest BCUT2D eigenvalue weighted by Crippen LogP contribution is 2.25. The number of nitrogens with zero attached hydrogens (tertiary/aromatic N) is 2. The summed E-state index contributed by atoms with van der Waals surface area (Å²) in [5, 5.41) is 0. The standard InChI is InChI=1S/C14H15BrN2/c1-10-2-7-14-16-13(9-17(14)8-10)11-3-5-12(15)6-4-11/h3-6,9-10H,2,7-8H2,1H3/t10-/m0/s1. The van der Waals surface area contributed by atoms with E-state index in [0.29, 0.717) is 0 Å². The fraction of sp³-hybridized carbons (Fsp3) is 0.357. The maximum atomic E-state index is 4.73. The number of fused-ring (bicyclic) bond motifs is 1. The number of aryl methyl sites for hydroxylation is 1. The largest absolute Gasteiger partial charge is 0.334 e. The Morgan fingerprint density at radius 1 is 1.29 bits per heavy atom. The summed E-state index contributed by atoms with van der Waals surface area (Å²) in [7, 11) is 0. The van der Waals surface area contributed by atoms with Gasteiger partial charge in [0.2, 0.25) is 0 Å². The Balaban J connectivity index is 1.97. The summed E-state index contributed by atoms with van der Waals surface area (Å²) in [6.45, 7) is 3.42. The van der Waals surface area contributed by atoms with Gasteiger partial charge in [-0.1, -0.05) is 35.0 Å². The number of halogens is 1. The Morgan fingerprint density at radius 2 is 2.06 bits per heavy atom. The SMILES string of the molecule is C[C@H]1CCc2nc(-c3ccc(Br)cc3)cn2C1. The summed E-state index contributed by atoms with van der Waals surface area (Å²) in [5.41, 5.74) is 2.30. The van der Waals surface area contributed by atoms with E-state index in [1.807, 2.05) is 0 Å². The topological polar surface area (TPSA) is 17.8 Å². The number of imidazole rings is 1. The smallest absolute Gasteiger partial charge is 0.109 e. The van der Waals surface area contributed by atoms with Crippen molar-refractivity contribution in [1.29, 1.82) is 0 Å². The van der Waals surface area contributed by atoms with Gasteiger partial charge in [-0.05, 0) is 24.5 Å². The lowest BCUT2D eigenvalue weighted by Crippen LogP contribution is -2.17. The van der Waals surface area contributed by atoms with Gasteiger partial charge in [0.25, 0.3) is 0 Å². The fourth-order valence-electron chi connectivity index (χ4n) is 2.37. The average Bonchev–Trinajstić information content (AvgIpc) is 2.72. The fourth-order valence-corrected chi connectivity index (χ4v) is 2.64. The quantitative estimate of drug-likeness (QED) is 0.779. The van der Waals surface area contributed by atoms with Gasteiger partial charge in [-0.3, -0.25) is 0 Å². The average molecular weight is 291 g/mol. The molecule has 1 aromatic heterocycles. The van der Waals surface area contributed by atoms with Crippen LogP contribution < -0.4 is 0 Å². The first-order chi connectivity index (χ1) is 8.22. The van der Waals surface area contributed by atoms with Crippen molar-refractivity contribution in [1.82, 2.24) is 9.55 Å². The Bertz CT molecular complexity index is 528. The molecule has 0 aliphatic carbocycles. The molecule has 0 spiro atoms. The second kappa shape index (κ2) is 4.30. The van der Waals surface area contributed by atoms with Gasteiger partial charge in [0.15, 0.2) is 0 Å². The highest BCUT2D eigenvalue weighted by Gasteiger charge is 2.17. The first kappa shape index (κ1) is 11.0. The molecule has 0 unspecified atom stereocenters. The van der Waals surface area contributed by atoms with Crippen molar-refractivity contribution in [3.05, 3.63) is 40.8 Å². The third kappa shape index (κ3) is 2.16. The molecule has 1 aromatic carbocycles. The molecule has 3 rings (SSSR count). The molecular weight excluding hydrogens is 276 g/mol. The molecule has 2 heterocycles. The summed E-state index contributed by atoms with van der Waals surface area (Å²) in [6, 6.07) is 8.36. The minimum Gasteiger partial charge on any atom is -0.334 e. The molecule has 1 aliphatic rings. The van der Waals surface area contributed by atoms with Gasteiger partial charge in [0.05, 0.1) is 5.69 Å². The minimum atomic E-state index is 0.773. The number of rotatable bonds is 1. The van der Waals surface area contributed by atoms with Crippen LogP contribution in [0.4, 0.5) is 0 Å². The number of benzene rings is 1. The van der Waals surface area contributed by atoms with Crippen molar-refractivity contribution in [2.45, 2.75) is 26.3 Å². The molecule has 0 saturated carbocycles. The summed E-state index contributed by atoms with van der Waals surface area (Å²) < 4.78 is 3.42. The van der Waals surface area contributed by atoms with E-state index in [4.69, 9.17) is 4.98 Å². The van der Waals surface area contributed by atoms with Gasteiger partial charge in [0.1, 0.15) is 5.82 Å². The van der Waals surface area contributed by atoms with Crippen LogP contribution in [-0.4, -0.2) is 9.55 Å². The first-order valence-corrected chi connectivity index (χ1v) is 6.83. The van der Waals surface area contributed by atoms with E-state index in [0.717, 1.165) is 29.1 Å². The van der Waals surface area contributed by atoms with Crippen LogP contribution in [-0.2, 0) is 13.0 Å². The summed E-state index contributed by atoms with van der Waals surface area (Å²) in [6.07, 6.45) is 4.56. The zero-order valence-corrected chi connectivity index (χ0v) is 11.4. The van der Waals surface area contributed by atoms with E-state index in [1.54, 1.807) is 0 Å². The zero-order valence-electron chi connectivity index (χ0n) is 9.86. The van der Waals surface area contributed by atoms with Crippen LogP contribution in [0.25, 0.3) is 11.3 Å². The summed E-state index contributed by atoms with van der Waals surface area (Å²) in [4.78, 5) is 4.73. The molecule has 1 aliphatic heterocycles. The van der Waals surface area contributed by atoms with Crippen molar-refractivity contribution in [3.8, 4) is 11.3 Å². The van der Waals surface area contributed by atoms with Crippen LogP contribution in [0.2, 0.25) is 0 Å².